The minimum Gasteiger partial charge on any atom is -0.507 e. The van der Waals surface area contributed by atoms with Gasteiger partial charge in [0.1, 0.15) is 16.8 Å². The number of hydrogen-bond acceptors (Lipinski definition) is 6. The summed E-state index contributed by atoms with van der Waals surface area (Å²) < 4.78 is 26.2. The molecule has 0 bridgehead atoms. The van der Waals surface area contributed by atoms with E-state index in [1.54, 1.807) is 12.1 Å². The molecule has 152 valence electrons. The van der Waals surface area contributed by atoms with Crippen LogP contribution in [0.3, 0.4) is 0 Å². The molecule has 29 heavy (non-hydrogen) atoms. The number of para-hydroxylation sites is 1. The zero-order valence-corrected chi connectivity index (χ0v) is 17.5. The lowest BCUT2D eigenvalue weighted by atomic mass is 10.0. The number of carbonyl (C=O) groups is 1. The standard InChI is InChI=1S/C20H21N3O4S2/c1-29(26,27)23-11-5-4-7-16(23)19(25)21-13-9-10-14(17(24)12-13)20-22-15-6-2-3-8-18(15)28-20/h2-3,6,8-10,12,16,24H,4-5,7,11H2,1H3,(H,21,25)/t16-/m1/s1. The van der Waals surface area contributed by atoms with E-state index in [9.17, 15) is 18.3 Å². The summed E-state index contributed by atoms with van der Waals surface area (Å²) in [6.07, 6.45) is 3.15. The van der Waals surface area contributed by atoms with E-state index in [0.717, 1.165) is 29.3 Å². The molecule has 0 spiro atoms. The molecule has 1 atom stereocenters. The van der Waals surface area contributed by atoms with Gasteiger partial charge in [-0.25, -0.2) is 13.4 Å². The van der Waals surface area contributed by atoms with Gasteiger partial charge in [-0.2, -0.15) is 4.31 Å². The number of aromatic hydroxyl groups is 1. The summed E-state index contributed by atoms with van der Waals surface area (Å²) in [6, 6.07) is 11.9. The number of nitrogens with one attached hydrogen (secondary N) is 1. The number of rotatable bonds is 4. The van der Waals surface area contributed by atoms with Crippen LogP contribution in [0.15, 0.2) is 42.5 Å². The highest BCUT2D eigenvalue weighted by Gasteiger charge is 2.34. The van der Waals surface area contributed by atoms with Crippen molar-refractivity contribution in [1.82, 2.24) is 9.29 Å². The van der Waals surface area contributed by atoms with Gasteiger partial charge >= 0.3 is 0 Å². The second-order valence-electron chi connectivity index (χ2n) is 7.09. The Labute approximate surface area is 173 Å². The maximum atomic E-state index is 12.7. The zero-order valence-electron chi connectivity index (χ0n) is 15.8. The molecule has 2 aromatic carbocycles. The van der Waals surface area contributed by atoms with Crippen LogP contribution >= 0.6 is 11.3 Å². The fourth-order valence-electron chi connectivity index (χ4n) is 3.57. The fraction of sp³-hybridized carbons (Fsp3) is 0.300. The second-order valence-corrected chi connectivity index (χ2v) is 10.1. The predicted octanol–water partition coefficient (Wildman–Crippen LogP) is 3.42. The second kappa shape index (κ2) is 7.74. The van der Waals surface area contributed by atoms with Crippen LogP contribution in [0.1, 0.15) is 19.3 Å². The lowest BCUT2D eigenvalue weighted by Crippen LogP contribution is -2.49. The predicted molar refractivity (Wildman–Crippen MR) is 115 cm³/mol. The molecule has 0 aliphatic carbocycles. The van der Waals surface area contributed by atoms with E-state index in [1.807, 2.05) is 24.3 Å². The monoisotopic (exact) mass is 431 g/mol. The number of sulfonamides is 1. The minimum atomic E-state index is -3.46. The lowest BCUT2D eigenvalue weighted by Gasteiger charge is -2.32. The molecular formula is C20H21N3O4S2. The molecule has 0 saturated carbocycles. The number of amides is 1. The van der Waals surface area contributed by atoms with Crippen LogP contribution in [0.25, 0.3) is 20.8 Å². The van der Waals surface area contributed by atoms with Gasteiger partial charge in [-0.3, -0.25) is 4.79 Å². The van der Waals surface area contributed by atoms with Crippen LogP contribution in [0.5, 0.6) is 5.75 Å². The lowest BCUT2D eigenvalue weighted by molar-refractivity contribution is -0.120. The molecule has 4 rings (SSSR count). The number of aromatic nitrogens is 1. The van der Waals surface area contributed by atoms with Crippen molar-refractivity contribution in [3.63, 3.8) is 0 Å². The quantitative estimate of drug-likeness (QED) is 0.659. The van der Waals surface area contributed by atoms with Gasteiger partial charge in [0.05, 0.1) is 22.0 Å². The van der Waals surface area contributed by atoms with Crippen LogP contribution in [0, 0.1) is 0 Å². The summed E-state index contributed by atoms with van der Waals surface area (Å²) in [6.45, 7) is 0.346. The minimum absolute atomic E-state index is 0.00506. The molecule has 1 amide bonds. The summed E-state index contributed by atoms with van der Waals surface area (Å²) in [7, 11) is -3.46. The molecule has 7 nitrogen and oxygen atoms in total. The fourth-order valence-corrected chi connectivity index (χ4v) is 5.69. The van der Waals surface area contributed by atoms with Gasteiger partial charge in [0.15, 0.2) is 0 Å². The topological polar surface area (TPSA) is 99.6 Å². The Hall–Kier alpha value is -2.49. The number of benzene rings is 2. The van der Waals surface area contributed by atoms with Gasteiger partial charge in [0, 0.05) is 18.3 Å². The van der Waals surface area contributed by atoms with Crippen molar-refractivity contribution < 1.29 is 18.3 Å². The Kier molecular flexibility index (Phi) is 5.28. The third-order valence-corrected chi connectivity index (χ3v) is 7.33. The van der Waals surface area contributed by atoms with E-state index in [4.69, 9.17) is 0 Å². The maximum Gasteiger partial charge on any atom is 0.242 e. The maximum absolute atomic E-state index is 12.7. The average molecular weight is 432 g/mol. The molecule has 2 heterocycles. The summed E-state index contributed by atoms with van der Waals surface area (Å²) in [5.74, 6) is -0.382. The number of thiazole rings is 1. The van der Waals surface area contributed by atoms with Crippen LogP contribution in [-0.2, 0) is 14.8 Å². The van der Waals surface area contributed by atoms with Crippen molar-refractivity contribution in [1.29, 1.82) is 0 Å². The van der Waals surface area contributed by atoms with Crippen LogP contribution in [0.4, 0.5) is 5.69 Å². The van der Waals surface area contributed by atoms with Crippen molar-refractivity contribution in [2.75, 3.05) is 18.1 Å². The molecule has 1 aliphatic rings. The first-order valence-electron chi connectivity index (χ1n) is 9.29. The first-order valence-corrected chi connectivity index (χ1v) is 12.0. The number of fused-ring (bicyclic) bond motifs is 1. The Morgan fingerprint density at radius 2 is 2.03 bits per heavy atom. The van der Waals surface area contributed by atoms with Gasteiger partial charge < -0.3 is 10.4 Å². The highest BCUT2D eigenvalue weighted by atomic mass is 32.2. The van der Waals surface area contributed by atoms with E-state index >= 15 is 0 Å². The average Bonchev–Trinajstić information content (AvgIpc) is 3.11. The van der Waals surface area contributed by atoms with Crippen molar-refractivity contribution in [2.45, 2.75) is 25.3 Å². The van der Waals surface area contributed by atoms with Gasteiger partial charge in [-0.05, 0) is 37.1 Å². The Morgan fingerprint density at radius 3 is 2.76 bits per heavy atom. The zero-order chi connectivity index (χ0) is 20.6. The largest absolute Gasteiger partial charge is 0.507 e. The van der Waals surface area contributed by atoms with Gasteiger partial charge in [0.25, 0.3) is 0 Å². The number of anilines is 1. The van der Waals surface area contributed by atoms with Crippen LogP contribution in [-0.4, -0.2) is 47.6 Å². The number of phenols is 1. The number of phenolic OH excluding ortho intramolecular Hbond substituents is 1. The normalized spacial score (nSPS) is 18.0. The van der Waals surface area contributed by atoms with Crippen molar-refractivity contribution in [3.05, 3.63) is 42.5 Å². The first-order chi connectivity index (χ1) is 13.8. The summed E-state index contributed by atoms with van der Waals surface area (Å²) >= 11 is 1.48. The smallest absolute Gasteiger partial charge is 0.242 e. The molecular weight excluding hydrogens is 410 g/mol. The SMILES string of the molecule is CS(=O)(=O)N1CCCC[C@@H]1C(=O)Nc1ccc(-c2nc3ccccc3s2)c(O)c1. The Bertz CT molecular complexity index is 1140. The van der Waals surface area contributed by atoms with Gasteiger partial charge in [-0.15, -0.1) is 11.3 Å². The number of carbonyl (C=O) groups excluding carboxylic acids is 1. The summed E-state index contributed by atoms with van der Waals surface area (Å²) in [5, 5.41) is 13.9. The van der Waals surface area contributed by atoms with E-state index in [-0.39, 0.29) is 11.7 Å². The van der Waals surface area contributed by atoms with Crippen molar-refractivity contribution in [2.24, 2.45) is 0 Å². The molecule has 1 aromatic heterocycles. The van der Waals surface area contributed by atoms with E-state index in [1.165, 1.54) is 21.7 Å². The molecule has 1 aliphatic heterocycles. The van der Waals surface area contributed by atoms with E-state index < -0.39 is 16.1 Å². The van der Waals surface area contributed by atoms with Gasteiger partial charge in [0.2, 0.25) is 15.9 Å². The highest BCUT2D eigenvalue weighted by molar-refractivity contribution is 7.88. The van der Waals surface area contributed by atoms with Crippen molar-refractivity contribution >= 4 is 43.2 Å². The number of hydrogen-bond donors (Lipinski definition) is 2. The molecule has 0 unspecified atom stereocenters. The number of nitrogens with zero attached hydrogens (tertiary/aromatic N) is 2. The Morgan fingerprint density at radius 1 is 1.24 bits per heavy atom. The van der Waals surface area contributed by atoms with Crippen LogP contribution in [0.2, 0.25) is 0 Å². The summed E-state index contributed by atoms with van der Waals surface area (Å²) in [4.78, 5) is 17.2. The van der Waals surface area contributed by atoms with Crippen LogP contribution < -0.4 is 5.32 Å². The Balaban J connectivity index is 1.55. The molecule has 3 aromatic rings. The van der Waals surface area contributed by atoms with Crippen molar-refractivity contribution in [3.8, 4) is 16.3 Å². The first kappa shape index (κ1) is 19.8. The molecule has 1 saturated heterocycles. The van der Waals surface area contributed by atoms with Gasteiger partial charge in [-0.1, -0.05) is 18.6 Å². The van der Waals surface area contributed by atoms with E-state index in [0.29, 0.717) is 29.2 Å². The third kappa shape index (κ3) is 4.12. The third-order valence-electron chi connectivity index (χ3n) is 4.97. The number of piperidine rings is 1. The summed E-state index contributed by atoms with van der Waals surface area (Å²) in [5.41, 5.74) is 1.86. The molecule has 2 N–H and O–H groups in total. The molecule has 1 fully saturated rings. The van der Waals surface area contributed by atoms with E-state index in [2.05, 4.69) is 10.3 Å². The molecule has 9 heteroatoms. The molecule has 0 radical (unpaired) electrons. The highest BCUT2D eigenvalue weighted by Crippen LogP contribution is 2.36.